The molecular weight excluding hydrogens is 270 g/mol. The molecule has 0 radical (unpaired) electrons. The molecule has 2 rings (SSSR count). The van der Waals surface area contributed by atoms with Crippen molar-refractivity contribution in [2.45, 2.75) is 6.92 Å². The lowest BCUT2D eigenvalue weighted by Gasteiger charge is -2.04. The van der Waals surface area contributed by atoms with Crippen molar-refractivity contribution in [3.8, 4) is 0 Å². The largest absolute Gasteiger partial charge is 0.287 e. The van der Waals surface area contributed by atoms with E-state index in [1.165, 1.54) is 10.9 Å². The van der Waals surface area contributed by atoms with Crippen LogP contribution in [0.2, 0.25) is 0 Å². The predicted molar refractivity (Wildman–Crippen MR) is 63.3 cm³/mol. The topological polar surface area (TPSA) is 47.8 Å². The van der Waals surface area contributed by atoms with Gasteiger partial charge >= 0.3 is 0 Å². The number of ketones is 1. The van der Waals surface area contributed by atoms with Crippen molar-refractivity contribution in [3.63, 3.8) is 0 Å². The van der Waals surface area contributed by atoms with Gasteiger partial charge in [0.25, 0.3) is 0 Å². The molecule has 0 amide bonds. The smallest absolute Gasteiger partial charge is 0.213 e. The van der Waals surface area contributed by atoms with Gasteiger partial charge in [0, 0.05) is 17.1 Å². The van der Waals surface area contributed by atoms with Crippen LogP contribution in [0.25, 0.3) is 0 Å². The van der Waals surface area contributed by atoms with Crippen molar-refractivity contribution >= 4 is 21.7 Å². The van der Waals surface area contributed by atoms with Gasteiger partial charge in [-0.2, -0.15) is 0 Å². The van der Waals surface area contributed by atoms with Crippen molar-refractivity contribution in [2.24, 2.45) is 7.05 Å². The van der Waals surface area contributed by atoms with Gasteiger partial charge in [-0.1, -0.05) is 27.2 Å². The van der Waals surface area contributed by atoms with Gasteiger partial charge in [-0.3, -0.25) is 4.79 Å². The highest BCUT2D eigenvalue weighted by molar-refractivity contribution is 9.10. The lowest BCUT2D eigenvalue weighted by molar-refractivity contribution is 0.102. The first kappa shape index (κ1) is 11.0. The average molecular weight is 280 g/mol. The molecule has 0 aliphatic carbocycles. The number of rotatable bonds is 2. The normalized spacial score (nSPS) is 10.4. The molecule has 0 bridgehead atoms. The van der Waals surface area contributed by atoms with Crippen molar-refractivity contribution in [2.75, 3.05) is 0 Å². The second kappa shape index (κ2) is 4.17. The van der Waals surface area contributed by atoms with E-state index in [4.69, 9.17) is 0 Å². The second-order valence-corrected chi connectivity index (χ2v) is 4.41. The summed E-state index contributed by atoms with van der Waals surface area (Å²) in [6.07, 6.45) is 1.47. The Morgan fingerprint density at radius 3 is 2.75 bits per heavy atom. The Kier molecular flexibility index (Phi) is 2.87. The van der Waals surface area contributed by atoms with Crippen molar-refractivity contribution in [1.82, 2.24) is 15.0 Å². The Bertz CT molecular complexity index is 548. The van der Waals surface area contributed by atoms with E-state index in [1.54, 1.807) is 13.1 Å². The maximum atomic E-state index is 12.1. The Hall–Kier alpha value is -1.49. The molecule has 0 atom stereocenters. The number of hydrogen-bond donors (Lipinski definition) is 0. The first-order valence-corrected chi connectivity index (χ1v) is 5.54. The molecule has 0 aliphatic heterocycles. The molecule has 82 valence electrons. The van der Waals surface area contributed by atoms with Crippen molar-refractivity contribution in [1.29, 1.82) is 0 Å². The monoisotopic (exact) mass is 279 g/mol. The summed E-state index contributed by atoms with van der Waals surface area (Å²) < 4.78 is 2.26. The summed E-state index contributed by atoms with van der Waals surface area (Å²) >= 11 is 3.39. The van der Waals surface area contributed by atoms with Crippen molar-refractivity contribution in [3.05, 3.63) is 45.7 Å². The number of halogens is 1. The molecule has 4 nitrogen and oxygen atoms in total. The number of aryl methyl sites for hydroxylation is 2. The fraction of sp³-hybridized carbons (Fsp3) is 0.182. The Labute approximate surface area is 101 Å². The van der Waals surface area contributed by atoms with E-state index in [0.29, 0.717) is 11.3 Å². The lowest BCUT2D eigenvalue weighted by Crippen LogP contribution is -2.08. The number of aromatic nitrogens is 3. The van der Waals surface area contributed by atoms with E-state index < -0.39 is 0 Å². The van der Waals surface area contributed by atoms with E-state index in [-0.39, 0.29) is 5.78 Å². The van der Waals surface area contributed by atoms with Gasteiger partial charge < -0.3 is 0 Å². The molecule has 1 aromatic carbocycles. The second-order valence-electron chi connectivity index (χ2n) is 3.56. The summed E-state index contributed by atoms with van der Waals surface area (Å²) in [7, 11) is 1.70. The molecule has 0 aliphatic rings. The number of hydrogen-bond acceptors (Lipinski definition) is 3. The van der Waals surface area contributed by atoms with Crippen molar-refractivity contribution < 1.29 is 4.79 Å². The quantitative estimate of drug-likeness (QED) is 0.792. The van der Waals surface area contributed by atoms with Crippen LogP contribution >= 0.6 is 15.9 Å². The van der Waals surface area contributed by atoms with E-state index in [2.05, 4.69) is 26.2 Å². The SMILES string of the molecule is Cc1ccc(C(=O)c2cnnn2C)c(Br)c1. The summed E-state index contributed by atoms with van der Waals surface area (Å²) in [6.45, 7) is 1.98. The number of carbonyl (C=O) groups excluding carboxylic acids is 1. The van der Waals surface area contributed by atoms with E-state index >= 15 is 0 Å². The minimum Gasteiger partial charge on any atom is -0.287 e. The average Bonchev–Trinajstić information content (AvgIpc) is 2.63. The van der Waals surface area contributed by atoms with E-state index in [0.717, 1.165) is 10.0 Å². The fourth-order valence-corrected chi connectivity index (χ4v) is 2.11. The standard InChI is InChI=1S/C11H10BrN3O/c1-7-3-4-8(9(12)5-7)11(16)10-6-13-14-15(10)2/h3-6H,1-2H3. The fourth-order valence-electron chi connectivity index (χ4n) is 1.44. The van der Waals surface area contributed by atoms with E-state index in [9.17, 15) is 4.79 Å². The van der Waals surface area contributed by atoms with Gasteiger partial charge in [0.2, 0.25) is 5.78 Å². The minimum absolute atomic E-state index is 0.0839. The third-order valence-corrected chi connectivity index (χ3v) is 2.97. The van der Waals surface area contributed by atoms with Gasteiger partial charge in [0.15, 0.2) is 0 Å². The van der Waals surface area contributed by atoms with Crippen LogP contribution in [0.1, 0.15) is 21.6 Å². The maximum Gasteiger partial charge on any atom is 0.213 e. The Morgan fingerprint density at radius 2 is 2.19 bits per heavy atom. The molecule has 0 N–H and O–H groups in total. The van der Waals surface area contributed by atoms with Crippen LogP contribution in [0.15, 0.2) is 28.9 Å². The highest BCUT2D eigenvalue weighted by Gasteiger charge is 2.16. The van der Waals surface area contributed by atoms with Crippen LogP contribution < -0.4 is 0 Å². The van der Waals surface area contributed by atoms with Gasteiger partial charge in [0.05, 0.1) is 6.20 Å². The van der Waals surface area contributed by atoms with E-state index in [1.807, 2.05) is 19.1 Å². The number of benzene rings is 1. The summed E-state index contributed by atoms with van der Waals surface area (Å²) in [4.78, 5) is 12.1. The third-order valence-electron chi connectivity index (χ3n) is 2.32. The molecule has 0 saturated carbocycles. The minimum atomic E-state index is -0.0839. The zero-order valence-electron chi connectivity index (χ0n) is 8.94. The molecular formula is C11H10BrN3O. The van der Waals surface area contributed by atoms with Gasteiger partial charge in [0.1, 0.15) is 5.69 Å². The van der Waals surface area contributed by atoms with Crippen LogP contribution in [0.4, 0.5) is 0 Å². The molecule has 5 heteroatoms. The van der Waals surface area contributed by atoms with Crippen LogP contribution in [-0.2, 0) is 7.05 Å². The molecule has 0 saturated heterocycles. The highest BCUT2D eigenvalue weighted by atomic mass is 79.9. The summed E-state index contributed by atoms with van der Waals surface area (Å²) in [5.41, 5.74) is 2.20. The van der Waals surface area contributed by atoms with Crippen LogP contribution in [0.5, 0.6) is 0 Å². The zero-order valence-corrected chi connectivity index (χ0v) is 10.5. The Balaban J connectivity index is 2.46. The van der Waals surface area contributed by atoms with Gasteiger partial charge in [-0.15, -0.1) is 5.10 Å². The maximum absolute atomic E-state index is 12.1. The summed E-state index contributed by atoms with van der Waals surface area (Å²) in [6, 6.07) is 5.62. The molecule has 1 aromatic heterocycles. The first-order valence-electron chi connectivity index (χ1n) is 4.75. The summed E-state index contributed by atoms with van der Waals surface area (Å²) in [5, 5.41) is 7.43. The summed E-state index contributed by atoms with van der Waals surface area (Å²) in [5.74, 6) is -0.0839. The van der Waals surface area contributed by atoms with Crippen LogP contribution in [0, 0.1) is 6.92 Å². The van der Waals surface area contributed by atoms with Crippen LogP contribution in [-0.4, -0.2) is 20.8 Å². The predicted octanol–water partition coefficient (Wildman–Crippen LogP) is 2.12. The molecule has 16 heavy (non-hydrogen) atoms. The third kappa shape index (κ3) is 1.90. The highest BCUT2D eigenvalue weighted by Crippen LogP contribution is 2.20. The van der Waals surface area contributed by atoms with Crippen LogP contribution in [0.3, 0.4) is 0 Å². The number of nitrogens with zero attached hydrogens (tertiary/aromatic N) is 3. The molecule has 0 spiro atoms. The molecule has 0 unspecified atom stereocenters. The lowest BCUT2D eigenvalue weighted by atomic mass is 10.1. The Morgan fingerprint density at radius 1 is 1.44 bits per heavy atom. The van der Waals surface area contributed by atoms with Gasteiger partial charge in [-0.25, -0.2) is 4.68 Å². The van der Waals surface area contributed by atoms with Gasteiger partial charge in [-0.05, 0) is 24.6 Å². The molecule has 2 aromatic rings. The molecule has 1 heterocycles. The number of carbonyl (C=O) groups is 1. The first-order chi connectivity index (χ1) is 7.59. The molecule has 0 fully saturated rings. The zero-order chi connectivity index (χ0) is 11.7.